The number of ketones is 1. The van der Waals surface area contributed by atoms with Crippen molar-refractivity contribution in [1.29, 1.82) is 0 Å². The van der Waals surface area contributed by atoms with Crippen molar-refractivity contribution < 1.29 is 4.79 Å². The van der Waals surface area contributed by atoms with Crippen LogP contribution in [0.25, 0.3) is 6.08 Å². The molecule has 1 saturated heterocycles. The van der Waals surface area contributed by atoms with Crippen molar-refractivity contribution in [3.05, 3.63) is 48.3 Å². The average molecular weight is 327 g/mol. The van der Waals surface area contributed by atoms with Gasteiger partial charge in [0.15, 0.2) is 5.78 Å². The summed E-state index contributed by atoms with van der Waals surface area (Å²) in [5.74, 6) is 5.95. The summed E-state index contributed by atoms with van der Waals surface area (Å²) in [6.07, 6.45) is 7.09. The van der Waals surface area contributed by atoms with Crippen molar-refractivity contribution in [1.82, 2.24) is 5.01 Å². The second kappa shape index (κ2) is 7.67. The highest BCUT2D eigenvalue weighted by Gasteiger charge is 2.27. The molecule has 4 nitrogen and oxygen atoms in total. The normalized spacial score (nSPS) is 16.0. The SMILES string of the molecule is C=CN(N)/C(=C\c1cccc(N2CCCCC2)c1)C(=O)C(C)(C)C. The molecule has 1 aliphatic heterocycles. The number of allylic oxidation sites excluding steroid dienone is 1. The van der Waals surface area contributed by atoms with E-state index in [1.165, 1.54) is 36.2 Å². The summed E-state index contributed by atoms with van der Waals surface area (Å²) in [5, 5.41) is 1.31. The van der Waals surface area contributed by atoms with E-state index in [4.69, 9.17) is 5.84 Å². The van der Waals surface area contributed by atoms with Gasteiger partial charge in [-0.3, -0.25) is 9.80 Å². The van der Waals surface area contributed by atoms with Crippen molar-refractivity contribution in [3.63, 3.8) is 0 Å². The van der Waals surface area contributed by atoms with E-state index >= 15 is 0 Å². The number of carbonyl (C=O) groups excluding carboxylic acids is 1. The molecule has 0 bridgehead atoms. The number of hydrazine groups is 1. The van der Waals surface area contributed by atoms with Gasteiger partial charge in [-0.1, -0.05) is 39.5 Å². The van der Waals surface area contributed by atoms with Gasteiger partial charge < -0.3 is 4.90 Å². The first kappa shape index (κ1) is 18.3. The smallest absolute Gasteiger partial charge is 0.185 e. The first-order valence-electron chi connectivity index (χ1n) is 8.61. The van der Waals surface area contributed by atoms with E-state index < -0.39 is 5.41 Å². The molecule has 0 atom stereocenters. The topological polar surface area (TPSA) is 49.6 Å². The lowest BCUT2D eigenvalue weighted by Gasteiger charge is -2.29. The van der Waals surface area contributed by atoms with Gasteiger partial charge in [0, 0.05) is 30.4 Å². The first-order valence-corrected chi connectivity index (χ1v) is 8.61. The Balaban J connectivity index is 2.34. The Hall–Kier alpha value is -2.07. The monoisotopic (exact) mass is 327 g/mol. The summed E-state index contributed by atoms with van der Waals surface area (Å²) in [7, 11) is 0. The van der Waals surface area contributed by atoms with Crippen molar-refractivity contribution in [2.24, 2.45) is 11.3 Å². The van der Waals surface area contributed by atoms with E-state index in [0.717, 1.165) is 18.7 Å². The summed E-state index contributed by atoms with van der Waals surface area (Å²) in [5.41, 5.74) is 2.13. The molecular formula is C20H29N3O. The molecule has 130 valence electrons. The Morgan fingerprint density at radius 2 is 1.92 bits per heavy atom. The van der Waals surface area contributed by atoms with E-state index in [0.29, 0.717) is 5.70 Å². The number of anilines is 1. The molecule has 2 N–H and O–H groups in total. The second-order valence-electron chi connectivity index (χ2n) is 7.34. The van der Waals surface area contributed by atoms with Gasteiger partial charge in [-0.2, -0.15) is 0 Å². The largest absolute Gasteiger partial charge is 0.372 e. The summed E-state index contributed by atoms with van der Waals surface area (Å²) >= 11 is 0. The number of Topliss-reactive ketones (excluding diaryl/α,β-unsaturated/α-hetero) is 1. The number of nitrogens with two attached hydrogens (primary N) is 1. The number of carbonyl (C=O) groups is 1. The molecule has 1 aromatic carbocycles. The van der Waals surface area contributed by atoms with Crippen molar-refractivity contribution >= 4 is 17.5 Å². The molecule has 0 aromatic heterocycles. The second-order valence-corrected chi connectivity index (χ2v) is 7.34. The highest BCUT2D eigenvalue weighted by Crippen LogP contribution is 2.25. The fourth-order valence-electron chi connectivity index (χ4n) is 2.86. The van der Waals surface area contributed by atoms with Crippen LogP contribution in [0.4, 0.5) is 5.69 Å². The number of hydrogen-bond acceptors (Lipinski definition) is 4. The van der Waals surface area contributed by atoms with Crippen LogP contribution in [0.1, 0.15) is 45.6 Å². The Bertz CT molecular complexity index is 622. The lowest BCUT2D eigenvalue weighted by Crippen LogP contribution is -2.34. The Labute approximate surface area is 145 Å². The predicted molar refractivity (Wildman–Crippen MR) is 101 cm³/mol. The van der Waals surface area contributed by atoms with Crippen molar-refractivity contribution in [2.75, 3.05) is 18.0 Å². The maximum atomic E-state index is 12.7. The summed E-state index contributed by atoms with van der Waals surface area (Å²) in [6, 6.07) is 8.28. The van der Waals surface area contributed by atoms with E-state index in [-0.39, 0.29) is 5.78 Å². The quantitative estimate of drug-likeness (QED) is 0.505. The van der Waals surface area contributed by atoms with Crippen molar-refractivity contribution in [2.45, 2.75) is 40.0 Å². The zero-order valence-electron chi connectivity index (χ0n) is 15.1. The molecule has 1 fully saturated rings. The highest BCUT2D eigenvalue weighted by molar-refractivity contribution is 6.02. The highest BCUT2D eigenvalue weighted by atomic mass is 16.1. The van der Waals surface area contributed by atoms with Crippen LogP contribution >= 0.6 is 0 Å². The third kappa shape index (κ3) is 4.48. The van der Waals surface area contributed by atoms with Crippen LogP contribution in [0, 0.1) is 5.41 Å². The van der Waals surface area contributed by atoms with Gasteiger partial charge in [0.05, 0.1) is 0 Å². The molecule has 1 aliphatic rings. The third-order valence-electron chi connectivity index (χ3n) is 4.28. The molecule has 2 rings (SSSR count). The molecule has 0 aliphatic carbocycles. The van der Waals surface area contributed by atoms with Gasteiger partial charge in [0.2, 0.25) is 0 Å². The summed E-state index contributed by atoms with van der Waals surface area (Å²) in [6.45, 7) is 11.5. The molecule has 0 unspecified atom stereocenters. The van der Waals surface area contributed by atoms with E-state index in [1.54, 1.807) is 0 Å². The Morgan fingerprint density at radius 1 is 1.25 bits per heavy atom. The average Bonchev–Trinajstić information content (AvgIpc) is 2.58. The maximum Gasteiger partial charge on any atom is 0.185 e. The number of rotatable bonds is 5. The minimum absolute atomic E-state index is 0.00623. The van der Waals surface area contributed by atoms with Gasteiger partial charge in [0.25, 0.3) is 0 Å². The van der Waals surface area contributed by atoms with Gasteiger partial charge >= 0.3 is 0 Å². The van der Waals surface area contributed by atoms with Gasteiger partial charge in [-0.15, -0.1) is 0 Å². The number of piperidine rings is 1. The molecule has 1 aromatic rings. The predicted octanol–water partition coefficient (Wildman–Crippen LogP) is 3.95. The van der Waals surface area contributed by atoms with Crippen LogP contribution in [0.15, 0.2) is 42.7 Å². The van der Waals surface area contributed by atoms with Crippen LogP contribution in [-0.2, 0) is 4.79 Å². The lowest BCUT2D eigenvalue weighted by atomic mass is 9.88. The van der Waals surface area contributed by atoms with E-state index in [9.17, 15) is 4.79 Å². The molecule has 24 heavy (non-hydrogen) atoms. The van der Waals surface area contributed by atoms with Gasteiger partial charge in [0.1, 0.15) is 5.70 Å². The van der Waals surface area contributed by atoms with Crippen LogP contribution in [0.3, 0.4) is 0 Å². The summed E-state index contributed by atoms with van der Waals surface area (Å²) in [4.78, 5) is 15.1. The van der Waals surface area contributed by atoms with Gasteiger partial charge in [-0.05, 0) is 43.0 Å². The maximum absolute atomic E-state index is 12.7. The Kier molecular flexibility index (Phi) is 5.84. The third-order valence-corrected chi connectivity index (χ3v) is 4.28. The summed E-state index contributed by atoms with van der Waals surface area (Å²) < 4.78 is 0. The fraction of sp³-hybridized carbons (Fsp3) is 0.450. The molecule has 1 heterocycles. The van der Waals surface area contributed by atoms with Crippen LogP contribution < -0.4 is 10.7 Å². The lowest BCUT2D eigenvalue weighted by molar-refractivity contribution is -0.123. The molecule has 0 radical (unpaired) electrons. The van der Waals surface area contributed by atoms with E-state index in [1.807, 2.05) is 39.0 Å². The minimum atomic E-state index is -0.503. The van der Waals surface area contributed by atoms with Crippen LogP contribution in [0.2, 0.25) is 0 Å². The number of benzene rings is 1. The molecular weight excluding hydrogens is 298 g/mol. The minimum Gasteiger partial charge on any atom is -0.372 e. The number of nitrogens with zero attached hydrogens (tertiary/aromatic N) is 2. The Morgan fingerprint density at radius 3 is 2.50 bits per heavy atom. The van der Waals surface area contributed by atoms with Gasteiger partial charge in [-0.25, -0.2) is 5.84 Å². The zero-order valence-corrected chi connectivity index (χ0v) is 15.1. The fourth-order valence-corrected chi connectivity index (χ4v) is 2.86. The van der Waals surface area contributed by atoms with E-state index in [2.05, 4.69) is 23.6 Å². The number of hydrogen-bond donors (Lipinski definition) is 1. The van der Waals surface area contributed by atoms with Crippen LogP contribution in [0.5, 0.6) is 0 Å². The molecule has 4 heteroatoms. The first-order chi connectivity index (χ1) is 11.3. The van der Waals surface area contributed by atoms with Crippen molar-refractivity contribution in [3.8, 4) is 0 Å². The zero-order chi connectivity index (χ0) is 17.7. The molecule has 0 spiro atoms. The van der Waals surface area contributed by atoms with Crippen LogP contribution in [-0.4, -0.2) is 23.9 Å². The standard InChI is InChI=1S/C20H29N3O/c1-5-23(21)18(19(24)20(2,3)4)15-16-10-9-11-17(14-16)22-12-7-6-8-13-22/h5,9-11,14-15H,1,6-8,12-13,21H2,2-4H3/b18-15-. The molecule has 0 amide bonds. The molecule has 0 saturated carbocycles.